The normalized spacial score (nSPS) is 11.2. The van der Waals surface area contributed by atoms with Crippen molar-refractivity contribution in [3.05, 3.63) is 54.0 Å². The second-order valence-corrected chi connectivity index (χ2v) is 7.00. The molecule has 0 aliphatic rings. The Labute approximate surface area is 206 Å². The van der Waals surface area contributed by atoms with Gasteiger partial charge in [-0.25, -0.2) is 0 Å². The van der Waals surface area contributed by atoms with Crippen molar-refractivity contribution in [2.45, 2.75) is 33.1 Å². The first-order valence-corrected chi connectivity index (χ1v) is 10.9. The summed E-state index contributed by atoms with van der Waals surface area (Å²) < 4.78 is 13.0. The number of hydrogen-bond donors (Lipinski definition) is 2. The average molecular weight is 552 g/mol. The summed E-state index contributed by atoms with van der Waals surface area (Å²) in [5, 5.41) is 15.2. The monoisotopic (exact) mass is 552 g/mol. The van der Waals surface area contributed by atoms with Crippen LogP contribution in [0.1, 0.15) is 31.7 Å². The third kappa shape index (κ3) is 7.25. The molecule has 1 aromatic carbocycles. The molecule has 0 radical (unpaired) electrons. The zero-order chi connectivity index (χ0) is 21.9. The summed E-state index contributed by atoms with van der Waals surface area (Å²) in [4.78, 5) is 4.70. The molecule has 3 rings (SSSR count). The van der Waals surface area contributed by atoms with Crippen LogP contribution in [-0.4, -0.2) is 53.9 Å². The maximum Gasteiger partial charge on any atom is 0.191 e. The average Bonchev–Trinajstić information content (AvgIpc) is 3.20. The summed E-state index contributed by atoms with van der Waals surface area (Å²) in [5.41, 5.74) is 2.08. The van der Waals surface area contributed by atoms with E-state index in [4.69, 9.17) is 14.5 Å². The van der Waals surface area contributed by atoms with Gasteiger partial charge in [-0.15, -0.1) is 34.2 Å². The molecule has 2 N–H and O–H groups in total. The highest BCUT2D eigenvalue weighted by atomic mass is 127. The molecule has 9 heteroatoms. The number of methoxy groups -OCH3 is 1. The molecule has 0 fully saturated rings. The highest BCUT2D eigenvalue weighted by molar-refractivity contribution is 14.0. The molecular weight excluding hydrogens is 519 g/mol. The Morgan fingerprint density at radius 1 is 1.06 bits per heavy atom. The van der Waals surface area contributed by atoms with E-state index in [1.165, 1.54) is 5.56 Å². The number of aryl methyl sites for hydroxylation is 1. The zero-order valence-corrected chi connectivity index (χ0v) is 21.3. The number of nitrogens with zero attached hydrogens (tertiary/aromatic N) is 4. The van der Waals surface area contributed by atoms with Gasteiger partial charge in [0.25, 0.3) is 0 Å². The number of fused-ring (bicyclic) bond motifs is 1. The highest BCUT2D eigenvalue weighted by Crippen LogP contribution is 2.28. The topological polar surface area (TPSA) is 85.1 Å². The first-order chi connectivity index (χ1) is 15.2. The van der Waals surface area contributed by atoms with E-state index in [-0.39, 0.29) is 24.0 Å². The van der Waals surface area contributed by atoms with Gasteiger partial charge in [0.05, 0.1) is 13.7 Å². The molecule has 2 aromatic heterocycles. The van der Waals surface area contributed by atoms with Crippen LogP contribution in [0.25, 0.3) is 5.65 Å². The van der Waals surface area contributed by atoms with Gasteiger partial charge in [0, 0.05) is 32.3 Å². The Kier molecular flexibility index (Phi) is 11.1. The lowest BCUT2D eigenvalue weighted by Gasteiger charge is -2.12. The molecule has 8 nitrogen and oxygen atoms in total. The third-order valence-electron chi connectivity index (χ3n) is 4.79. The van der Waals surface area contributed by atoms with E-state index in [1.54, 1.807) is 7.11 Å². The number of ether oxygens (including phenoxy) is 2. The van der Waals surface area contributed by atoms with Crippen molar-refractivity contribution < 1.29 is 9.47 Å². The van der Waals surface area contributed by atoms with Gasteiger partial charge in [-0.2, -0.15) is 0 Å². The van der Waals surface area contributed by atoms with Crippen LogP contribution in [0, 0.1) is 0 Å². The zero-order valence-electron chi connectivity index (χ0n) is 19.0. The Morgan fingerprint density at radius 2 is 1.94 bits per heavy atom. The number of guanidine groups is 1. The molecule has 0 amide bonds. The quantitative estimate of drug-likeness (QED) is 0.164. The van der Waals surface area contributed by atoms with Gasteiger partial charge < -0.3 is 20.1 Å². The van der Waals surface area contributed by atoms with Gasteiger partial charge in [0.15, 0.2) is 23.1 Å². The van der Waals surface area contributed by atoms with Crippen molar-refractivity contribution in [2.75, 3.05) is 33.4 Å². The SMILES string of the molecule is CCNC(=NCCCc1ccc(OC)c(OCC)c1)NCCc1nnc2ccccn12.I. The molecule has 0 saturated heterocycles. The minimum atomic E-state index is 0. The van der Waals surface area contributed by atoms with Crippen LogP contribution in [0.15, 0.2) is 47.6 Å². The van der Waals surface area contributed by atoms with Crippen LogP contribution in [0.3, 0.4) is 0 Å². The maximum atomic E-state index is 5.66. The number of nitrogens with one attached hydrogen (secondary N) is 2. The number of pyridine rings is 1. The van der Waals surface area contributed by atoms with Crippen LogP contribution in [-0.2, 0) is 12.8 Å². The first-order valence-electron chi connectivity index (χ1n) is 10.9. The molecule has 0 spiro atoms. The number of benzene rings is 1. The van der Waals surface area contributed by atoms with Crippen molar-refractivity contribution in [3.63, 3.8) is 0 Å². The van der Waals surface area contributed by atoms with Gasteiger partial charge in [-0.05, 0) is 56.5 Å². The molecule has 0 bridgehead atoms. The van der Waals surface area contributed by atoms with Gasteiger partial charge in [-0.1, -0.05) is 12.1 Å². The molecular formula is C23H33IN6O2. The van der Waals surface area contributed by atoms with E-state index in [1.807, 2.05) is 41.8 Å². The number of aromatic nitrogens is 3. The van der Waals surface area contributed by atoms with E-state index < -0.39 is 0 Å². The number of aliphatic imine (C=N–C) groups is 1. The van der Waals surface area contributed by atoms with Gasteiger partial charge >= 0.3 is 0 Å². The lowest BCUT2D eigenvalue weighted by Crippen LogP contribution is -2.38. The number of hydrogen-bond acceptors (Lipinski definition) is 5. The molecule has 0 unspecified atom stereocenters. The van der Waals surface area contributed by atoms with Crippen LogP contribution >= 0.6 is 24.0 Å². The fourth-order valence-corrected chi connectivity index (χ4v) is 3.31. The summed E-state index contributed by atoms with van der Waals surface area (Å²) in [6.07, 6.45) is 4.63. The van der Waals surface area contributed by atoms with Crippen molar-refractivity contribution in [1.82, 2.24) is 25.2 Å². The minimum absolute atomic E-state index is 0. The minimum Gasteiger partial charge on any atom is -0.493 e. The second kappa shape index (κ2) is 13.8. The van der Waals surface area contributed by atoms with Gasteiger partial charge in [0.2, 0.25) is 0 Å². The van der Waals surface area contributed by atoms with Crippen LogP contribution < -0.4 is 20.1 Å². The Hall–Kier alpha value is -2.56. The van der Waals surface area contributed by atoms with Gasteiger partial charge in [-0.3, -0.25) is 9.39 Å². The van der Waals surface area contributed by atoms with E-state index in [0.717, 1.165) is 67.8 Å². The molecule has 0 aliphatic carbocycles. The Balaban J connectivity index is 0.00000363. The molecule has 0 atom stereocenters. The van der Waals surface area contributed by atoms with Crippen LogP contribution in [0.5, 0.6) is 11.5 Å². The van der Waals surface area contributed by atoms with E-state index in [0.29, 0.717) is 6.61 Å². The summed E-state index contributed by atoms with van der Waals surface area (Å²) in [6.45, 7) is 6.94. The largest absolute Gasteiger partial charge is 0.493 e. The van der Waals surface area contributed by atoms with Crippen LogP contribution in [0.2, 0.25) is 0 Å². The fourth-order valence-electron chi connectivity index (χ4n) is 3.31. The van der Waals surface area contributed by atoms with Crippen molar-refractivity contribution in [3.8, 4) is 11.5 Å². The van der Waals surface area contributed by atoms with E-state index >= 15 is 0 Å². The summed E-state index contributed by atoms with van der Waals surface area (Å²) in [6, 6.07) is 12.0. The predicted molar refractivity (Wildman–Crippen MR) is 139 cm³/mol. The highest BCUT2D eigenvalue weighted by Gasteiger charge is 2.06. The smallest absolute Gasteiger partial charge is 0.191 e. The number of halogens is 1. The fraction of sp³-hybridized carbons (Fsp3) is 0.435. The molecule has 0 aliphatic heterocycles. The summed E-state index contributed by atoms with van der Waals surface area (Å²) in [5.74, 6) is 3.31. The molecule has 32 heavy (non-hydrogen) atoms. The Bertz CT molecular complexity index is 992. The molecule has 0 saturated carbocycles. The molecule has 174 valence electrons. The maximum absolute atomic E-state index is 5.66. The van der Waals surface area contributed by atoms with Crippen LogP contribution in [0.4, 0.5) is 0 Å². The third-order valence-corrected chi connectivity index (χ3v) is 4.79. The van der Waals surface area contributed by atoms with E-state index in [9.17, 15) is 0 Å². The Morgan fingerprint density at radius 3 is 2.72 bits per heavy atom. The molecule has 2 heterocycles. The number of rotatable bonds is 11. The molecule has 3 aromatic rings. The standard InChI is InChI=1S/C23H32N6O2.HI/c1-4-24-23(26-15-13-22-28-27-21-10-6-7-16-29(21)22)25-14-8-9-18-11-12-19(30-3)20(17-18)31-5-2;/h6-7,10-12,16-17H,4-5,8-9,13-15H2,1-3H3,(H2,24,25,26);1H. The second-order valence-electron chi connectivity index (χ2n) is 7.00. The van der Waals surface area contributed by atoms with Crippen molar-refractivity contribution in [2.24, 2.45) is 4.99 Å². The first kappa shape index (κ1) is 25.7. The lowest BCUT2D eigenvalue weighted by molar-refractivity contribution is 0.310. The van der Waals surface area contributed by atoms with E-state index in [2.05, 4.69) is 39.9 Å². The van der Waals surface area contributed by atoms with Crippen molar-refractivity contribution >= 4 is 35.6 Å². The lowest BCUT2D eigenvalue weighted by atomic mass is 10.1. The van der Waals surface area contributed by atoms with Crippen molar-refractivity contribution in [1.29, 1.82) is 0 Å². The summed E-state index contributed by atoms with van der Waals surface area (Å²) >= 11 is 0. The predicted octanol–water partition coefficient (Wildman–Crippen LogP) is 3.49. The summed E-state index contributed by atoms with van der Waals surface area (Å²) in [7, 11) is 1.66. The van der Waals surface area contributed by atoms with Gasteiger partial charge in [0.1, 0.15) is 5.82 Å².